The van der Waals surface area contributed by atoms with Crippen LogP contribution in [0.5, 0.6) is 11.5 Å². The van der Waals surface area contributed by atoms with E-state index in [4.69, 9.17) is 48.4 Å². The van der Waals surface area contributed by atoms with Crippen molar-refractivity contribution >= 4 is 34.8 Å². The van der Waals surface area contributed by atoms with E-state index in [1.165, 1.54) is 12.1 Å². The van der Waals surface area contributed by atoms with Crippen molar-refractivity contribution in [3.63, 3.8) is 0 Å². The van der Waals surface area contributed by atoms with E-state index >= 15 is 0 Å². The second-order valence-electron chi connectivity index (χ2n) is 4.42. The summed E-state index contributed by atoms with van der Waals surface area (Å²) in [5.74, 6) is 0.384. The number of ether oxygens (including phenoxy) is 2. The molecular formula is C16H15Cl3O2. The fourth-order valence-corrected chi connectivity index (χ4v) is 2.85. The predicted octanol–water partition coefficient (Wildman–Crippen LogP) is 5.21. The Hall–Kier alpha value is -1.09. The predicted molar refractivity (Wildman–Crippen MR) is 88.1 cm³/mol. The highest BCUT2D eigenvalue weighted by atomic mass is 35.6. The zero-order chi connectivity index (χ0) is 18.0. The quantitative estimate of drug-likeness (QED) is 0.706. The van der Waals surface area contributed by atoms with Crippen LogP contribution in [0.2, 0.25) is 0 Å². The third kappa shape index (κ3) is 3.97. The van der Waals surface area contributed by atoms with Gasteiger partial charge in [0.1, 0.15) is 11.5 Å². The molecule has 0 amide bonds. The molecule has 0 saturated carbocycles. The van der Waals surface area contributed by atoms with E-state index in [0.29, 0.717) is 5.75 Å². The van der Waals surface area contributed by atoms with Crippen LogP contribution in [0.4, 0.5) is 0 Å². The lowest BCUT2D eigenvalue weighted by Gasteiger charge is -2.25. The van der Waals surface area contributed by atoms with E-state index in [9.17, 15) is 0 Å². The van der Waals surface area contributed by atoms with Gasteiger partial charge >= 0.3 is 0 Å². The summed E-state index contributed by atoms with van der Waals surface area (Å²) in [4.78, 5) is 0. The molecule has 2 aromatic rings. The third-order valence-corrected chi connectivity index (χ3v) is 3.76. The standard InChI is InChI=1S/C16H15Cl3O2/c1-20-13-7-3-11(4-8-13)15(16(17,18)19)12-5-9-14(21-2)10-6-12/h3-10,15H,1-2H3/i1D3/t15-/m1/s1. The molecule has 21 heavy (non-hydrogen) atoms. The summed E-state index contributed by atoms with van der Waals surface area (Å²) in [7, 11) is -0.933. The summed E-state index contributed by atoms with van der Waals surface area (Å²) in [5, 5.41) is 0. The molecule has 0 aliphatic rings. The summed E-state index contributed by atoms with van der Waals surface area (Å²) in [6.45, 7) is 0. The summed E-state index contributed by atoms with van der Waals surface area (Å²) in [6.07, 6.45) is 0. The molecule has 2 aromatic carbocycles. The Labute approximate surface area is 143 Å². The average Bonchev–Trinajstić information content (AvgIpc) is 2.47. The van der Waals surface area contributed by atoms with Gasteiger partial charge < -0.3 is 9.47 Å². The number of halogens is 3. The summed E-state index contributed by atoms with van der Waals surface area (Å²) in [6, 6.07) is 13.6. The summed E-state index contributed by atoms with van der Waals surface area (Å²) < 4.78 is 29.7. The van der Waals surface area contributed by atoms with Gasteiger partial charge in [-0.1, -0.05) is 59.1 Å². The molecule has 0 aromatic heterocycles. The van der Waals surface area contributed by atoms with Gasteiger partial charge in [-0.05, 0) is 35.4 Å². The van der Waals surface area contributed by atoms with E-state index in [1.54, 1.807) is 31.4 Å². The maximum atomic E-state index is 7.12. The van der Waals surface area contributed by atoms with Gasteiger partial charge in [0.2, 0.25) is 3.79 Å². The van der Waals surface area contributed by atoms with Crippen LogP contribution >= 0.6 is 34.8 Å². The van der Waals surface area contributed by atoms with Gasteiger partial charge in [-0.2, -0.15) is 0 Å². The molecule has 0 spiro atoms. The smallest absolute Gasteiger partial charge is 0.201 e. The molecule has 0 aliphatic heterocycles. The molecule has 0 N–H and O–H groups in total. The van der Waals surface area contributed by atoms with Gasteiger partial charge in [-0.25, -0.2) is 0 Å². The van der Waals surface area contributed by atoms with Gasteiger partial charge in [0.15, 0.2) is 0 Å². The Morgan fingerprint density at radius 3 is 1.62 bits per heavy atom. The Kier molecular flexibility index (Phi) is 4.02. The molecular weight excluding hydrogens is 331 g/mol. The fourth-order valence-electron chi connectivity index (χ4n) is 2.10. The molecule has 2 rings (SSSR count). The third-order valence-electron chi connectivity index (χ3n) is 3.11. The lowest BCUT2D eigenvalue weighted by Crippen LogP contribution is -2.18. The SMILES string of the molecule is [2H]C([2H])([2H])Oc1ccc([C@H](c2ccc(OC)cc2)C(Cl)(Cl)Cl)cc1. The first-order chi connectivity index (χ1) is 11.1. The molecule has 0 unspecified atom stereocenters. The van der Waals surface area contributed by atoms with Crippen LogP contribution in [0.3, 0.4) is 0 Å². The van der Waals surface area contributed by atoms with Crippen molar-refractivity contribution in [1.82, 2.24) is 0 Å². The number of hydrogen-bond acceptors (Lipinski definition) is 2. The van der Waals surface area contributed by atoms with Gasteiger partial charge in [-0.3, -0.25) is 0 Å². The fraction of sp³-hybridized carbons (Fsp3) is 0.250. The molecule has 0 fully saturated rings. The van der Waals surface area contributed by atoms with Crippen LogP contribution in [0.15, 0.2) is 48.5 Å². The van der Waals surface area contributed by atoms with Crippen LogP contribution < -0.4 is 9.47 Å². The maximum Gasteiger partial charge on any atom is 0.201 e. The van der Waals surface area contributed by atoms with E-state index in [2.05, 4.69) is 0 Å². The molecule has 0 saturated heterocycles. The van der Waals surface area contributed by atoms with Crippen molar-refractivity contribution in [2.45, 2.75) is 9.71 Å². The molecule has 0 heterocycles. The first-order valence-electron chi connectivity index (χ1n) is 7.60. The second kappa shape index (κ2) is 6.78. The number of rotatable bonds is 4. The minimum Gasteiger partial charge on any atom is -0.497 e. The molecule has 112 valence electrons. The summed E-state index contributed by atoms with van der Waals surface area (Å²) in [5.41, 5.74) is 1.51. The van der Waals surface area contributed by atoms with Crippen molar-refractivity contribution in [2.24, 2.45) is 0 Å². The monoisotopic (exact) mass is 347 g/mol. The minimum absolute atomic E-state index is 0.219. The zero-order valence-electron chi connectivity index (χ0n) is 14.1. The average molecular weight is 349 g/mol. The highest BCUT2D eigenvalue weighted by Crippen LogP contribution is 2.46. The molecule has 0 bridgehead atoms. The first kappa shape index (κ1) is 12.5. The number of methoxy groups -OCH3 is 2. The molecule has 1 atom stereocenters. The van der Waals surface area contributed by atoms with Gasteiger partial charge in [-0.15, -0.1) is 0 Å². The topological polar surface area (TPSA) is 18.5 Å². The van der Waals surface area contributed by atoms with Crippen molar-refractivity contribution in [3.8, 4) is 11.5 Å². The van der Waals surface area contributed by atoms with Crippen molar-refractivity contribution in [1.29, 1.82) is 0 Å². The number of hydrogen-bond donors (Lipinski definition) is 0. The van der Waals surface area contributed by atoms with Crippen LogP contribution in [0.25, 0.3) is 0 Å². The molecule has 0 radical (unpaired) electrons. The van der Waals surface area contributed by atoms with E-state index in [-0.39, 0.29) is 5.75 Å². The van der Waals surface area contributed by atoms with Crippen LogP contribution in [0.1, 0.15) is 21.2 Å². The van der Waals surface area contributed by atoms with E-state index in [0.717, 1.165) is 11.1 Å². The van der Waals surface area contributed by atoms with Crippen LogP contribution in [0, 0.1) is 0 Å². The Bertz CT molecular complexity index is 665. The minimum atomic E-state index is -2.51. The Balaban J connectivity index is 2.34. The highest BCUT2D eigenvalue weighted by molar-refractivity contribution is 6.68. The van der Waals surface area contributed by atoms with E-state index < -0.39 is 16.7 Å². The van der Waals surface area contributed by atoms with Crippen LogP contribution in [-0.2, 0) is 0 Å². The molecule has 0 aliphatic carbocycles. The number of benzene rings is 2. The lowest BCUT2D eigenvalue weighted by atomic mass is 9.92. The van der Waals surface area contributed by atoms with Crippen molar-refractivity contribution < 1.29 is 13.6 Å². The maximum absolute atomic E-state index is 7.12. The van der Waals surface area contributed by atoms with Gasteiger partial charge in [0.05, 0.1) is 24.2 Å². The molecule has 5 heteroatoms. The summed E-state index contributed by atoms with van der Waals surface area (Å²) >= 11 is 18.5. The van der Waals surface area contributed by atoms with Crippen molar-refractivity contribution in [3.05, 3.63) is 59.7 Å². The van der Waals surface area contributed by atoms with Gasteiger partial charge in [0, 0.05) is 0 Å². The van der Waals surface area contributed by atoms with Gasteiger partial charge in [0.25, 0.3) is 0 Å². The second-order valence-corrected chi connectivity index (χ2v) is 6.79. The van der Waals surface area contributed by atoms with E-state index in [1.807, 2.05) is 12.1 Å². The normalized spacial score (nSPS) is 15.5. The van der Waals surface area contributed by atoms with Crippen LogP contribution in [-0.4, -0.2) is 17.9 Å². The van der Waals surface area contributed by atoms with Crippen molar-refractivity contribution in [2.75, 3.05) is 14.1 Å². The Morgan fingerprint density at radius 1 is 0.857 bits per heavy atom. The zero-order valence-corrected chi connectivity index (χ0v) is 13.4. The first-order valence-corrected chi connectivity index (χ1v) is 7.23. The Morgan fingerprint density at radius 2 is 1.29 bits per heavy atom. The molecule has 2 nitrogen and oxygen atoms in total. The number of alkyl halides is 3. The highest BCUT2D eigenvalue weighted by Gasteiger charge is 2.35. The lowest BCUT2D eigenvalue weighted by molar-refractivity contribution is 0.414. The largest absolute Gasteiger partial charge is 0.497 e.